The van der Waals surface area contributed by atoms with E-state index in [9.17, 15) is 4.79 Å². The van der Waals surface area contributed by atoms with Gasteiger partial charge in [0.05, 0.1) is 0 Å². The van der Waals surface area contributed by atoms with Crippen LogP contribution in [-0.4, -0.2) is 24.2 Å². The molecule has 1 aromatic rings. The zero-order valence-electron chi connectivity index (χ0n) is 11.2. The fourth-order valence-electron chi connectivity index (χ4n) is 2.31. The van der Waals surface area contributed by atoms with Crippen molar-refractivity contribution in [1.82, 2.24) is 5.32 Å². The maximum atomic E-state index is 11.8. The maximum Gasteiger partial charge on any atom is 0.220 e. The SMILES string of the molecule is Nc1cccc(CCC(=O)NCC2(CCO)CC2)c1. The molecule has 104 valence electrons. The van der Waals surface area contributed by atoms with Gasteiger partial charge in [0, 0.05) is 25.3 Å². The molecule has 4 nitrogen and oxygen atoms in total. The maximum absolute atomic E-state index is 11.8. The molecule has 1 saturated carbocycles. The zero-order valence-corrected chi connectivity index (χ0v) is 11.2. The van der Waals surface area contributed by atoms with Crippen molar-refractivity contribution in [3.63, 3.8) is 0 Å². The van der Waals surface area contributed by atoms with E-state index in [2.05, 4.69) is 5.32 Å². The summed E-state index contributed by atoms with van der Waals surface area (Å²) in [5, 5.41) is 11.9. The molecule has 0 aliphatic heterocycles. The number of carbonyl (C=O) groups is 1. The molecule has 0 atom stereocenters. The number of hydrogen-bond acceptors (Lipinski definition) is 3. The molecule has 1 aliphatic carbocycles. The molecule has 1 aliphatic rings. The summed E-state index contributed by atoms with van der Waals surface area (Å²) in [5.41, 5.74) is 7.70. The number of aliphatic hydroxyl groups excluding tert-OH is 1. The Kier molecular flexibility index (Phi) is 4.43. The standard InChI is InChI=1S/C15H22N2O2/c16-13-3-1-2-12(10-13)4-5-14(19)17-11-15(6-7-15)8-9-18/h1-3,10,18H,4-9,11,16H2,(H,17,19). The van der Waals surface area contributed by atoms with E-state index in [-0.39, 0.29) is 17.9 Å². The van der Waals surface area contributed by atoms with E-state index < -0.39 is 0 Å². The zero-order chi connectivity index (χ0) is 13.7. The van der Waals surface area contributed by atoms with Gasteiger partial charge in [0.15, 0.2) is 0 Å². The van der Waals surface area contributed by atoms with Crippen LogP contribution in [0.25, 0.3) is 0 Å². The minimum Gasteiger partial charge on any atom is -0.399 e. The second-order valence-electron chi connectivity index (χ2n) is 5.50. The lowest BCUT2D eigenvalue weighted by atomic mass is 10.0. The van der Waals surface area contributed by atoms with Gasteiger partial charge in [0.2, 0.25) is 5.91 Å². The van der Waals surface area contributed by atoms with Gasteiger partial charge in [0.1, 0.15) is 0 Å². The normalized spacial score (nSPS) is 16.1. The predicted octanol–water partition coefficient (Wildman–Crippen LogP) is 1.48. The number of nitrogens with two attached hydrogens (primary N) is 1. The Labute approximate surface area is 114 Å². The molecule has 0 unspecified atom stereocenters. The fourth-order valence-corrected chi connectivity index (χ4v) is 2.31. The van der Waals surface area contributed by atoms with Crippen LogP contribution in [0.2, 0.25) is 0 Å². The number of aliphatic hydroxyl groups is 1. The van der Waals surface area contributed by atoms with E-state index in [0.29, 0.717) is 19.4 Å². The summed E-state index contributed by atoms with van der Waals surface area (Å²) in [6.45, 7) is 0.905. The highest BCUT2D eigenvalue weighted by Gasteiger charge is 2.41. The average molecular weight is 262 g/mol. The Balaban J connectivity index is 1.70. The molecule has 1 fully saturated rings. The molecule has 1 amide bonds. The van der Waals surface area contributed by atoms with E-state index in [1.807, 2.05) is 24.3 Å². The third kappa shape index (κ3) is 4.24. The van der Waals surface area contributed by atoms with Gasteiger partial charge >= 0.3 is 0 Å². The minimum atomic E-state index is 0.0756. The molecule has 2 rings (SSSR count). The van der Waals surface area contributed by atoms with Gasteiger partial charge in [-0.15, -0.1) is 0 Å². The molecule has 4 heteroatoms. The number of benzene rings is 1. The number of amides is 1. The van der Waals surface area contributed by atoms with Crippen LogP contribution in [0, 0.1) is 5.41 Å². The Hall–Kier alpha value is -1.55. The number of carbonyl (C=O) groups excluding carboxylic acids is 1. The molecule has 0 bridgehead atoms. The van der Waals surface area contributed by atoms with E-state index in [1.165, 1.54) is 0 Å². The van der Waals surface area contributed by atoms with Crippen molar-refractivity contribution in [3.05, 3.63) is 29.8 Å². The second kappa shape index (κ2) is 6.06. The number of nitrogen functional groups attached to an aromatic ring is 1. The fraction of sp³-hybridized carbons (Fsp3) is 0.533. The summed E-state index contributed by atoms with van der Waals surface area (Å²) in [7, 11) is 0. The van der Waals surface area contributed by atoms with Crippen molar-refractivity contribution in [1.29, 1.82) is 0 Å². The van der Waals surface area contributed by atoms with E-state index in [4.69, 9.17) is 10.8 Å². The first-order valence-corrected chi connectivity index (χ1v) is 6.86. The van der Waals surface area contributed by atoms with Gasteiger partial charge in [-0.25, -0.2) is 0 Å². The lowest BCUT2D eigenvalue weighted by Gasteiger charge is -2.14. The van der Waals surface area contributed by atoms with Crippen LogP contribution in [0.5, 0.6) is 0 Å². The summed E-state index contributed by atoms with van der Waals surface area (Å²) >= 11 is 0. The quantitative estimate of drug-likeness (QED) is 0.651. The second-order valence-corrected chi connectivity index (χ2v) is 5.50. The van der Waals surface area contributed by atoms with Gasteiger partial charge in [-0.05, 0) is 48.8 Å². The van der Waals surface area contributed by atoms with Gasteiger partial charge in [0.25, 0.3) is 0 Å². The number of aryl methyl sites for hydroxylation is 1. The Bertz CT molecular complexity index is 442. The summed E-state index contributed by atoms with van der Waals surface area (Å²) < 4.78 is 0. The number of rotatable bonds is 7. The Morgan fingerprint density at radius 1 is 1.42 bits per heavy atom. The topological polar surface area (TPSA) is 75.4 Å². The first-order valence-electron chi connectivity index (χ1n) is 6.86. The molecular weight excluding hydrogens is 240 g/mol. The molecule has 0 spiro atoms. The molecule has 0 aromatic heterocycles. The highest BCUT2D eigenvalue weighted by molar-refractivity contribution is 5.76. The van der Waals surface area contributed by atoms with Crippen molar-refractivity contribution in [2.45, 2.75) is 32.1 Å². The number of hydrogen-bond donors (Lipinski definition) is 3. The van der Waals surface area contributed by atoms with Crippen LogP contribution in [0.3, 0.4) is 0 Å². The summed E-state index contributed by atoms with van der Waals surface area (Å²) in [6.07, 6.45) is 4.22. The minimum absolute atomic E-state index is 0.0756. The Morgan fingerprint density at radius 3 is 2.84 bits per heavy atom. The van der Waals surface area contributed by atoms with Gasteiger partial charge < -0.3 is 16.2 Å². The highest BCUT2D eigenvalue weighted by atomic mass is 16.3. The average Bonchev–Trinajstić information content (AvgIpc) is 3.15. The first kappa shape index (κ1) is 13.9. The van der Waals surface area contributed by atoms with E-state index in [1.54, 1.807) is 0 Å². The summed E-state index contributed by atoms with van der Waals surface area (Å²) in [6, 6.07) is 7.64. The number of nitrogens with one attached hydrogen (secondary N) is 1. The monoisotopic (exact) mass is 262 g/mol. The van der Waals surface area contributed by atoms with Crippen LogP contribution >= 0.6 is 0 Å². The molecule has 4 N–H and O–H groups in total. The van der Waals surface area contributed by atoms with Crippen molar-refractivity contribution in [3.8, 4) is 0 Å². The first-order chi connectivity index (χ1) is 9.13. The lowest BCUT2D eigenvalue weighted by molar-refractivity contribution is -0.121. The van der Waals surface area contributed by atoms with E-state index in [0.717, 1.165) is 30.5 Å². The smallest absolute Gasteiger partial charge is 0.220 e. The number of anilines is 1. The van der Waals surface area contributed by atoms with Crippen molar-refractivity contribution < 1.29 is 9.90 Å². The third-order valence-electron chi connectivity index (χ3n) is 3.85. The van der Waals surface area contributed by atoms with Gasteiger partial charge in [-0.1, -0.05) is 12.1 Å². The largest absolute Gasteiger partial charge is 0.399 e. The van der Waals surface area contributed by atoms with Crippen LogP contribution in [-0.2, 0) is 11.2 Å². The molecule has 0 radical (unpaired) electrons. The van der Waals surface area contributed by atoms with Crippen molar-refractivity contribution in [2.24, 2.45) is 5.41 Å². The van der Waals surface area contributed by atoms with Gasteiger partial charge in [-0.2, -0.15) is 0 Å². The Morgan fingerprint density at radius 2 is 2.21 bits per heavy atom. The highest BCUT2D eigenvalue weighted by Crippen LogP contribution is 2.47. The molecule has 0 saturated heterocycles. The third-order valence-corrected chi connectivity index (χ3v) is 3.85. The van der Waals surface area contributed by atoms with Crippen LogP contribution in [0.1, 0.15) is 31.2 Å². The van der Waals surface area contributed by atoms with Gasteiger partial charge in [-0.3, -0.25) is 4.79 Å². The molecular formula is C15H22N2O2. The van der Waals surface area contributed by atoms with E-state index >= 15 is 0 Å². The van der Waals surface area contributed by atoms with Crippen LogP contribution in [0.15, 0.2) is 24.3 Å². The van der Waals surface area contributed by atoms with Crippen LogP contribution in [0.4, 0.5) is 5.69 Å². The summed E-state index contributed by atoms with van der Waals surface area (Å²) in [4.78, 5) is 11.8. The lowest BCUT2D eigenvalue weighted by Crippen LogP contribution is -2.30. The van der Waals surface area contributed by atoms with Crippen molar-refractivity contribution in [2.75, 3.05) is 18.9 Å². The van der Waals surface area contributed by atoms with Crippen molar-refractivity contribution >= 4 is 11.6 Å². The predicted molar refractivity (Wildman–Crippen MR) is 75.6 cm³/mol. The summed E-state index contributed by atoms with van der Waals surface area (Å²) in [5.74, 6) is 0.0756. The molecule has 1 aromatic carbocycles. The molecule has 0 heterocycles. The molecule has 19 heavy (non-hydrogen) atoms. The van der Waals surface area contributed by atoms with Crippen LogP contribution < -0.4 is 11.1 Å².